The van der Waals surface area contributed by atoms with Gasteiger partial charge in [0.1, 0.15) is 0 Å². The standard InChI is InChI=1S/C16H21ClN2O3/c1-10-6-7-12(8-13(10)17)19-16(22)15(21)18-9-11-4-2-3-5-14(11)20/h6-8,11,14,20H,2-5,9H2,1H3,(H,18,21)(H,19,22)/t11-,14-/m1/s1. The van der Waals surface area contributed by atoms with Crippen LogP contribution in [0.1, 0.15) is 31.2 Å². The SMILES string of the molecule is Cc1ccc(NC(=O)C(=O)NC[C@H]2CCCC[C@H]2O)cc1Cl. The number of anilines is 1. The van der Waals surface area contributed by atoms with Gasteiger partial charge in [-0.15, -0.1) is 0 Å². The highest BCUT2D eigenvalue weighted by molar-refractivity contribution is 6.39. The fourth-order valence-electron chi connectivity index (χ4n) is 2.59. The maximum atomic E-state index is 11.8. The first-order valence-electron chi connectivity index (χ1n) is 7.51. The maximum Gasteiger partial charge on any atom is 0.313 e. The van der Waals surface area contributed by atoms with Crippen molar-refractivity contribution in [2.45, 2.75) is 38.7 Å². The van der Waals surface area contributed by atoms with Crippen molar-refractivity contribution < 1.29 is 14.7 Å². The van der Waals surface area contributed by atoms with Crippen LogP contribution in [0.4, 0.5) is 5.69 Å². The molecule has 0 spiro atoms. The second-order valence-electron chi connectivity index (χ2n) is 5.74. The summed E-state index contributed by atoms with van der Waals surface area (Å²) in [6.45, 7) is 2.18. The second kappa shape index (κ2) is 7.61. The number of rotatable bonds is 3. The zero-order chi connectivity index (χ0) is 16.1. The zero-order valence-electron chi connectivity index (χ0n) is 12.6. The van der Waals surface area contributed by atoms with Crippen molar-refractivity contribution in [3.63, 3.8) is 0 Å². The molecule has 0 radical (unpaired) electrons. The van der Waals surface area contributed by atoms with E-state index in [9.17, 15) is 14.7 Å². The van der Waals surface area contributed by atoms with Gasteiger partial charge in [0.25, 0.3) is 0 Å². The van der Waals surface area contributed by atoms with Crippen LogP contribution in [0.3, 0.4) is 0 Å². The highest BCUT2D eigenvalue weighted by Gasteiger charge is 2.24. The molecule has 120 valence electrons. The lowest BCUT2D eigenvalue weighted by molar-refractivity contribution is -0.136. The lowest BCUT2D eigenvalue weighted by atomic mass is 9.86. The van der Waals surface area contributed by atoms with Crippen molar-refractivity contribution in [1.29, 1.82) is 0 Å². The van der Waals surface area contributed by atoms with Crippen LogP contribution >= 0.6 is 11.6 Å². The quantitative estimate of drug-likeness (QED) is 0.746. The Labute approximate surface area is 135 Å². The van der Waals surface area contributed by atoms with Crippen LogP contribution in [-0.4, -0.2) is 29.6 Å². The van der Waals surface area contributed by atoms with E-state index in [0.29, 0.717) is 17.3 Å². The summed E-state index contributed by atoms with van der Waals surface area (Å²) in [7, 11) is 0. The number of carbonyl (C=O) groups excluding carboxylic acids is 2. The van der Waals surface area contributed by atoms with Crippen molar-refractivity contribution in [3.8, 4) is 0 Å². The fraction of sp³-hybridized carbons (Fsp3) is 0.500. The summed E-state index contributed by atoms with van der Waals surface area (Å²) in [5.41, 5.74) is 1.38. The average molecular weight is 325 g/mol. The number of hydrogen-bond acceptors (Lipinski definition) is 3. The van der Waals surface area contributed by atoms with Crippen LogP contribution in [0.25, 0.3) is 0 Å². The Morgan fingerprint density at radius 1 is 1.27 bits per heavy atom. The number of aryl methyl sites for hydroxylation is 1. The van der Waals surface area contributed by atoms with Crippen LogP contribution in [0.2, 0.25) is 5.02 Å². The third kappa shape index (κ3) is 4.45. The predicted molar refractivity (Wildman–Crippen MR) is 85.8 cm³/mol. The molecular weight excluding hydrogens is 304 g/mol. The van der Waals surface area contributed by atoms with E-state index in [1.807, 2.05) is 6.92 Å². The molecule has 0 heterocycles. The third-order valence-corrected chi connectivity index (χ3v) is 4.44. The van der Waals surface area contributed by atoms with Crippen molar-refractivity contribution in [2.75, 3.05) is 11.9 Å². The summed E-state index contributed by atoms with van der Waals surface area (Å²) in [5.74, 6) is -1.40. The summed E-state index contributed by atoms with van der Waals surface area (Å²) in [4.78, 5) is 23.6. The Morgan fingerprint density at radius 2 is 2.00 bits per heavy atom. The molecule has 1 aliphatic carbocycles. The van der Waals surface area contributed by atoms with Gasteiger partial charge in [0.15, 0.2) is 0 Å². The molecule has 0 aromatic heterocycles. The summed E-state index contributed by atoms with van der Waals surface area (Å²) in [6, 6.07) is 5.07. The lowest BCUT2D eigenvalue weighted by Crippen LogP contribution is -2.41. The molecule has 1 aromatic carbocycles. The lowest BCUT2D eigenvalue weighted by Gasteiger charge is -2.27. The molecule has 0 saturated heterocycles. The molecule has 1 aromatic rings. The van der Waals surface area contributed by atoms with Gasteiger partial charge in [-0.2, -0.15) is 0 Å². The summed E-state index contributed by atoms with van der Waals surface area (Å²) in [5, 5.41) is 15.5. The highest BCUT2D eigenvalue weighted by atomic mass is 35.5. The van der Waals surface area contributed by atoms with Gasteiger partial charge < -0.3 is 15.7 Å². The van der Waals surface area contributed by atoms with E-state index in [1.54, 1.807) is 18.2 Å². The molecular formula is C16H21ClN2O3. The highest BCUT2D eigenvalue weighted by Crippen LogP contribution is 2.23. The van der Waals surface area contributed by atoms with E-state index in [4.69, 9.17) is 11.6 Å². The molecule has 3 N–H and O–H groups in total. The first-order valence-corrected chi connectivity index (χ1v) is 7.88. The van der Waals surface area contributed by atoms with Crippen LogP contribution in [0.15, 0.2) is 18.2 Å². The topological polar surface area (TPSA) is 78.4 Å². The Hall–Kier alpha value is -1.59. The van der Waals surface area contributed by atoms with Gasteiger partial charge in [-0.25, -0.2) is 0 Å². The van der Waals surface area contributed by atoms with Gasteiger partial charge in [-0.05, 0) is 37.5 Å². The Kier molecular flexibility index (Phi) is 5.80. The van der Waals surface area contributed by atoms with Gasteiger partial charge in [-0.3, -0.25) is 9.59 Å². The molecule has 1 fully saturated rings. The van der Waals surface area contributed by atoms with Crippen LogP contribution in [0, 0.1) is 12.8 Å². The van der Waals surface area contributed by atoms with Gasteiger partial charge in [0, 0.05) is 23.2 Å². The molecule has 1 aliphatic rings. The largest absolute Gasteiger partial charge is 0.393 e. The zero-order valence-corrected chi connectivity index (χ0v) is 13.3. The first kappa shape index (κ1) is 16.8. The molecule has 5 nitrogen and oxygen atoms in total. The minimum atomic E-state index is -0.731. The fourth-order valence-corrected chi connectivity index (χ4v) is 2.77. The minimum Gasteiger partial charge on any atom is -0.393 e. The maximum absolute atomic E-state index is 11.8. The van der Waals surface area contributed by atoms with Crippen molar-refractivity contribution in [2.24, 2.45) is 5.92 Å². The molecule has 2 rings (SSSR count). The van der Waals surface area contributed by atoms with E-state index in [-0.39, 0.29) is 5.92 Å². The molecule has 0 bridgehead atoms. The van der Waals surface area contributed by atoms with Crippen molar-refractivity contribution >= 4 is 29.1 Å². The Balaban J connectivity index is 1.84. The Morgan fingerprint density at radius 3 is 2.68 bits per heavy atom. The molecule has 2 atom stereocenters. The van der Waals surface area contributed by atoms with Crippen LogP contribution in [0.5, 0.6) is 0 Å². The van der Waals surface area contributed by atoms with E-state index in [0.717, 1.165) is 31.2 Å². The third-order valence-electron chi connectivity index (χ3n) is 4.03. The van der Waals surface area contributed by atoms with Crippen molar-refractivity contribution in [3.05, 3.63) is 28.8 Å². The number of aliphatic hydroxyl groups is 1. The van der Waals surface area contributed by atoms with E-state index >= 15 is 0 Å². The van der Waals surface area contributed by atoms with Gasteiger partial charge in [0.2, 0.25) is 0 Å². The summed E-state index contributed by atoms with van der Waals surface area (Å²) in [6.07, 6.45) is 3.30. The molecule has 0 aliphatic heterocycles. The summed E-state index contributed by atoms with van der Waals surface area (Å²) < 4.78 is 0. The predicted octanol–water partition coefficient (Wildman–Crippen LogP) is 2.25. The van der Waals surface area contributed by atoms with Gasteiger partial charge in [0.05, 0.1) is 6.10 Å². The molecule has 6 heteroatoms. The molecule has 1 saturated carbocycles. The van der Waals surface area contributed by atoms with Crippen molar-refractivity contribution in [1.82, 2.24) is 5.32 Å². The average Bonchev–Trinajstić information content (AvgIpc) is 2.50. The normalized spacial score (nSPS) is 21.2. The van der Waals surface area contributed by atoms with E-state index in [1.165, 1.54) is 0 Å². The van der Waals surface area contributed by atoms with Crippen LogP contribution < -0.4 is 10.6 Å². The minimum absolute atomic E-state index is 0.0271. The van der Waals surface area contributed by atoms with Gasteiger partial charge in [-0.1, -0.05) is 30.5 Å². The summed E-state index contributed by atoms with van der Waals surface area (Å²) >= 11 is 5.98. The number of carbonyl (C=O) groups is 2. The molecule has 22 heavy (non-hydrogen) atoms. The number of hydrogen-bond donors (Lipinski definition) is 3. The van der Waals surface area contributed by atoms with E-state index < -0.39 is 17.9 Å². The van der Waals surface area contributed by atoms with Crippen LogP contribution in [-0.2, 0) is 9.59 Å². The smallest absolute Gasteiger partial charge is 0.313 e. The number of benzene rings is 1. The van der Waals surface area contributed by atoms with Gasteiger partial charge >= 0.3 is 11.8 Å². The number of halogens is 1. The first-order chi connectivity index (χ1) is 10.5. The molecule has 2 amide bonds. The number of aliphatic hydroxyl groups excluding tert-OH is 1. The second-order valence-corrected chi connectivity index (χ2v) is 6.15. The number of nitrogens with one attached hydrogen (secondary N) is 2. The molecule has 0 unspecified atom stereocenters. The number of amides is 2. The van der Waals surface area contributed by atoms with E-state index in [2.05, 4.69) is 10.6 Å². The Bertz CT molecular complexity index is 562. The monoisotopic (exact) mass is 324 g/mol.